The van der Waals surface area contributed by atoms with Gasteiger partial charge >= 0.3 is 0 Å². The van der Waals surface area contributed by atoms with E-state index in [1.807, 2.05) is 25.1 Å². The molecule has 4 nitrogen and oxygen atoms in total. The normalized spacial score (nSPS) is 23.3. The van der Waals surface area contributed by atoms with Crippen molar-refractivity contribution >= 4 is 0 Å². The van der Waals surface area contributed by atoms with Gasteiger partial charge in [-0.3, -0.25) is 4.90 Å². The third-order valence-electron chi connectivity index (χ3n) is 4.06. The minimum atomic E-state index is -0.460. The molecule has 4 heteroatoms. The second kappa shape index (κ2) is 5.90. The number of rotatable bonds is 3. The van der Waals surface area contributed by atoms with Crippen molar-refractivity contribution in [2.75, 3.05) is 40.8 Å². The first-order valence-corrected chi connectivity index (χ1v) is 6.74. The maximum Gasteiger partial charge on any atom is 0.119 e. The van der Waals surface area contributed by atoms with E-state index in [1.165, 1.54) is 0 Å². The van der Waals surface area contributed by atoms with Crippen molar-refractivity contribution in [1.29, 1.82) is 0 Å². The first-order chi connectivity index (χ1) is 9.02. The lowest BCUT2D eigenvalue weighted by Gasteiger charge is -2.40. The summed E-state index contributed by atoms with van der Waals surface area (Å²) in [6, 6.07) is 6.01. The molecule has 0 aromatic heterocycles. The SMILES string of the molecule is COc1ccc(C(O)C2CN(C)CCN2C)c(C)c1. The predicted octanol–water partition coefficient (Wildman–Crippen LogP) is 1.28. The van der Waals surface area contributed by atoms with E-state index < -0.39 is 6.10 Å². The van der Waals surface area contributed by atoms with Crippen LogP contribution in [0.1, 0.15) is 17.2 Å². The molecular weight excluding hydrogens is 240 g/mol. The van der Waals surface area contributed by atoms with Crippen LogP contribution in [0.2, 0.25) is 0 Å². The van der Waals surface area contributed by atoms with Crippen LogP contribution in [0.4, 0.5) is 0 Å². The molecule has 1 aliphatic rings. The molecule has 19 heavy (non-hydrogen) atoms. The summed E-state index contributed by atoms with van der Waals surface area (Å²) in [4.78, 5) is 4.51. The number of aliphatic hydroxyl groups excluding tert-OH is 1. The average Bonchev–Trinajstić information content (AvgIpc) is 2.40. The van der Waals surface area contributed by atoms with Crippen LogP contribution < -0.4 is 4.74 Å². The Morgan fingerprint density at radius 2 is 2.05 bits per heavy atom. The van der Waals surface area contributed by atoms with Crippen molar-refractivity contribution in [3.63, 3.8) is 0 Å². The molecular formula is C15H24N2O2. The monoisotopic (exact) mass is 264 g/mol. The van der Waals surface area contributed by atoms with Crippen LogP contribution in [0.25, 0.3) is 0 Å². The van der Waals surface area contributed by atoms with E-state index in [0.29, 0.717) is 0 Å². The van der Waals surface area contributed by atoms with E-state index in [2.05, 4.69) is 23.9 Å². The summed E-state index contributed by atoms with van der Waals surface area (Å²) in [5, 5.41) is 10.7. The molecule has 2 atom stereocenters. The Morgan fingerprint density at radius 3 is 2.68 bits per heavy atom. The zero-order valence-corrected chi connectivity index (χ0v) is 12.3. The van der Waals surface area contributed by atoms with E-state index in [4.69, 9.17) is 4.74 Å². The van der Waals surface area contributed by atoms with Gasteiger partial charge in [0.1, 0.15) is 5.75 Å². The Labute approximate surface area is 115 Å². The lowest BCUT2D eigenvalue weighted by atomic mass is 9.95. The van der Waals surface area contributed by atoms with Crippen LogP contribution in [0.3, 0.4) is 0 Å². The van der Waals surface area contributed by atoms with Gasteiger partial charge < -0.3 is 14.7 Å². The number of benzene rings is 1. The highest BCUT2D eigenvalue weighted by atomic mass is 16.5. The number of nitrogens with zero attached hydrogens (tertiary/aromatic N) is 2. The molecule has 0 aliphatic carbocycles. The summed E-state index contributed by atoms with van der Waals surface area (Å²) in [5.74, 6) is 0.836. The highest BCUT2D eigenvalue weighted by Gasteiger charge is 2.30. The van der Waals surface area contributed by atoms with Crippen LogP contribution in [0.15, 0.2) is 18.2 Å². The Balaban J connectivity index is 2.20. The molecule has 1 N–H and O–H groups in total. The molecule has 1 aromatic carbocycles. The molecule has 2 unspecified atom stereocenters. The summed E-state index contributed by atoms with van der Waals surface area (Å²) in [6.07, 6.45) is -0.460. The van der Waals surface area contributed by atoms with Crippen molar-refractivity contribution in [3.8, 4) is 5.75 Å². The molecule has 2 rings (SSSR count). The summed E-state index contributed by atoms with van der Waals surface area (Å²) in [5.41, 5.74) is 2.07. The van der Waals surface area contributed by atoms with E-state index >= 15 is 0 Å². The van der Waals surface area contributed by atoms with Crippen LogP contribution in [-0.2, 0) is 0 Å². The van der Waals surface area contributed by atoms with Crippen molar-refractivity contribution in [2.24, 2.45) is 0 Å². The number of ether oxygens (including phenoxy) is 1. The molecule has 0 spiro atoms. The van der Waals surface area contributed by atoms with Crippen molar-refractivity contribution < 1.29 is 9.84 Å². The standard InChI is InChI=1S/C15H24N2O2/c1-11-9-12(19-4)5-6-13(11)15(18)14-10-16(2)7-8-17(14)3/h5-6,9,14-15,18H,7-8,10H2,1-4H3. The highest BCUT2D eigenvalue weighted by Crippen LogP contribution is 2.28. The van der Waals surface area contributed by atoms with Crippen LogP contribution in [-0.4, -0.2) is 61.8 Å². The lowest BCUT2D eigenvalue weighted by molar-refractivity contribution is 0.0135. The minimum absolute atomic E-state index is 0.144. The highest BCUT2D eigenvalue weighted by molar-refractivity contribution is 5.36. The molecule has 1 heterocycles. The Morgan fingerprint density at radius 1 is 1.32 bits per heavy atom. The molecule has 0 saturated carbocycles. The smallest absolute Gasteiger partial charge is 0.119 e. The Kier molecular flexibility index (Phi) is 4.45. The summed E-state index contributed by atoms with van der Waals surface area (Å²) < 4.78 is 5.21. The van der Waals surface area contributed by atoms with Gasteiger partial charge in [0.15, 0.2) is 0 Å². The van der Waals surface area contributed by atoms with Gasteiger partial charge in [0.25, 0.3) is 0 Å². The minimum Gasteiger partial charge on any atom is -0.497 e. The molecule has 1 fully saturated rings. The van der Waals surface area contributed by atoms with Crippen molar-refractivity contribution in [1.82, 2.24) is 9.80 Å². The third kappa shape index (κ3) is 3.08. The third-order valence-corrected chi connectivity index (χ3v) is 4.06. The quantitative estimate of drug-likeness (QED) is 0.892. The largest absolute Gasteiger partial charge is 0.497 e. The van der Waals surface area contributed by atoms with Gasteiger partial charge in [0.05, 0.1) is 19.3 Å². The molecule has 0 amide bonds. The van der Waals surface area contributed by atoms with E-state index in [-0.39, 0.29) is 6.04 Å². The zero-order chi connectivity index (χ0) is 14.0. The lowest BCUT2D eigenvalue weighted by Crippen LogP contribution is -2.52. The number of hydrogen-bond donors (Lipinski definition) is 1. The fourth-order valence-corrected chi connectivity index (χ4v) is 2.70. The van der Waals surface area contributed by atoms with Gasteiger partial charge in [0, 0.05) is 19.6 Å². The van der Waals surface area contributed by atoms with Gasteiger partial charge in [0.2, 0.25) is 0 Å². The molecule has 1 aliphatic heterocycles. The number of hydrogen-bond acceptors (Lipinski definition) is 4. The van der Waals surface area contributed by atoms with E-state index in [9.17, 15) is 5.11 Å². The molecule has 0 bridgehead atoms. The molecule has 1 saturated heterocycles. The number of likely N-dealkylation sites (N-methyl/N-ethyl adjacent to an activating group) is 2. The molecule has 0 radical (unpaired) electrons. The number of piperazine rings is 1. The molecule has 1 aromatic rings. The Bertz CT molecular complexity index is 436. The average molecular weight is 264 g/mol. The molecule has 106 valence electrons. The second-order valence-electron chi connectivity index (χ2n) is 5.48. The van der Waals surface area contributed by atoms with Crippen LogP contribution in [0.5, 0.6) is 5.75 Å². The number of aliphatic hydroxyl groups is 1. The number of methoxy groups -OCH3 is 1. The van der Waals surface area contributed by atoms with Gasteiger partial charge in [-0.15, -0.1) is 0 Å². The van der Waals surface area contributed by atoms with Gasteiger partial charge in [-0.25, -0.2) is 0 Å². The maximum absolute atomic E-state index is 10.7. The zero-order valence-electron chi connectivity index (χ0n) is 12.3. The first-order valence-electron chi connectivity index (χ1n) is 6.74. The summed E-state index contributed by atoms with van der Waals surface area (Å²) >= 11 is 0. The fraction of sp³-hybridized carbons (Fsp3) is 0.600. The Hall–Kier alpha value is -1.10. The second-order valence-corrected chi connectivity index (χ2v) is 5.48. The van der Waals surface area contributed by atoms with Crippen molar-refractivity contribution in [2.45, 2.75) is 19.1 Å². The van der Waals surface area contributed by atoms with Crippen molar-refractivity contribution in [3.05, 3.63) is 29.3 Å². The van der Waals surface area contributed by atoms with Gasteiger partial charge in [-0.05, 0) is 44.3 Å². The predicted molar refractivity (Wildman–Crippen MR) is 76.6 cm³/mol. The van der Waals surface area contributed by atoms with E-state index in [1.54, 1.807) is 7.11 Å². The topological polar surface area (TPSA) is 35.9 Å². The first kappa shape index (κ1) is 14.3. The fourth-order valence-electron chi connectivity index (χ4n) is 2.70. The van der Waals surface area contributed by atoms with E-state index in [0.717, 1.165) is 36.5 Å². The van der Waals surface area contributed by atoms with Gasteiger partial charge in [-0.1, -0.05) is 6.07 Å². The summed E-state index contributed by atoms with van der Waals surface area (Å²) in [7, 11) is 5.85. The van der Waals surface area contributed by atoms with Crippen LogP contribution in [0, 0.1) is 6.92 Å². The maximum atomic E-state index is 10.7. The number of aryl methyl sites for hydroxylation is 1. The summed E-state index contributed by atoms with van der Waals surface area (Å²) in [6.45, 7) is 4.96. The van der Waals surface area contributed by atoms with Crippen LogP contribution >= 0.6 is 0 Å². The van der Waals surface area contributed by atoms with Gasteiger partial charge in [-0.2, -0.15) is 0 Å².